The normalized spacial score (nSPS) is 26.1. The Balaban J connectivity index is 1.98. The third-order valence-corrected chi connectivity index (χ3v) is 4.08. The number of rotatable bonds is 2. The van der Waals surface area contributed by atoms with Crippen LogP contribution in [0.3, 0.4) is 0 Å². The van der Waals surface area contributed by atoms with Gasteiger partial charge in [0.1, 0.15) is 5.82 Å². The van der Waals surface area contributed by atoms with Crippen molar-refractivity contribution >= 4 is 17.3 Å². The highest BCUT2D eigenvalue weighted by Crippen LogP contribution is 2.35. The summed E-state index contributed by atoms with van der Waals surface area (Å²) in [6.07, 6.45) is 4.43. The lowest BCUT2D eigenvalue weighted by Gasteiger charge is -2.44. The summed E-state index contributed by atoms with van der Waals surface area (Å²) in [6.45, 7) is 1.20. The summed E-state index contributed by atoms with van der Waals surface area (Å²) < 4.78 is 5.79. The van der Waals surface area contributed by atoms with Crippen LogP contribution in [-0.2, 0) is 4.74 Å². The number of anilines is 2. The lowest BCUT2D eigenvalue weighted by molar-refractivity contribution is -0.384. The number of nitro groups is 1. The minimum absolute atomic E-state index is 0.0189. The van der Waals surface area contributed by atoms with Crippen molar-refractivity contribution in [3.05, 3.63) is 22.2 Å². The highest BCUT2D eigenvalue weighted by atomic mass is 16.6. The molecule has 0 bridgehead atoms. The van der Waals surface area contributed by atoms with E-state index in [-0.39, 0.29) is 17.8 Å². The molecule has 20 heavy (non-hydrogen) atoms. The van der Waals surface area contributed by atoms with Crippen LogP contribution in [-0.4, -0.2) is 35.2 Å². The number of hydrogen-bond acceptors (Lipinski definition) is 6. The Morgan fingerprint density at radius 1 is 1.40 bits per heavy atom. The van der Waals surface area contributed by atoms with E-state index in [0.29, 0.717) is 24.8 Å². The van der Waals surface area contributed by atoms with Gasteiger partial charge < -0.3 is 15.4 Å². The summed E-state index contributed by atoms with van der Waals surface area (Å²) in [6, 6.07) is 3.08. The minimum Gasteiger partial charge on any atom is -0.384 e. The van der Waals surface area contributed by atoms with E-state index in [1.54, 1.807) is 0 Å². The van der Waals surface area contributed by atoms with Crippen LogP contribution in [0.15, 0.2) is 12.1 Å². The van der Waals surface area contributed by atoms with E-state index in [9.17, 15) is 10.1 Å². The number of nitrogens with two attached hydrogens (primary N) is 1. The topological polar surface area (TPSA) is 94.5 Å². The Kier molecular flexibility index (Phi) is 3.43. The van der Waals surface area contributed by atoms with Crippen molar-refractivity contribution in [1.82, 2.24) is 4.98 Å². The molecule has 7 heteroatoms. The number of nitrogens with zero attached hydrogens (tertiary/aromatic N) is 3. The summed E-state index contributed by atoms with van der Waals surface area (Å²) in [4.78, 5) is 17.0. The Morgan fingerprint density at radius 3 is 3.00 bits per heavy atom. The highest BCUT2D eigenvalue weighted by molar-refractivity contribution is 5.62. The molecule has 0 radical (unpaired) electrons. The van der Waals surface area contributed by atoms with Crippen LogP contribution in [0.4, 0.5) is 17.3 Å². The van der Waals surface area contributed by atoms with Gasteiger partial charge in [-0.05, 0) is 18.9 Å². The number of ether oxygens (including phenoxy) is 1. The van der Waals surface area contributed by atoms with Crippen molar-refractivity contribution in [2.75, 3.05) is 23.8 Å². The van der Waals surface area contributed by atoms with E-state index in [1.165, 1.54) is 12.1 Å². The fraction of sp³-hybridized carbons (Fsp3) is 0.615. The molecule has 2 heterocycles. The third-order valence-electron chi connectivity index (χ3n) is 4.08. The molecule has 2 aliphatic rings. The fourth-order valence-electron chi connectivity index (χ4n) is 3.17. The van der Waals surface area contributed by atoms with Gasteiger partial charge in [0.15, 0.2) is 0 Å². The molecule has 1 aliphatic carbocycles. The fourth-order valence-corrected chi connectivity index (χ4v) is 3.17. The molecule has 1 aromatic rings. The van der Waals surface area contributed by atoms with Crippen LogP contribution >= 0.6 is 0 Å². The summed E-state index contributed by atoms with van der Waals surface area (Å²) in [5.74, 6) is 0.694. The Labute approximate surface area is 116 Å². The molecule has 1 saturated carbocycles. The van der Waals surface area contributed by atoms with Crippen LogP contribution in [0, 0.1) is 10.1 Å². The number of nitrogen functional groups attached to an aromatic ring is 1. The van der Waals surface area contributed by atoms with E-state index < -0.39 is 4.92 Å². The zero-order chi connectivity index (χ0) is 14.1. The average molecular weight is 278 g/mol. The zero-order valence-electron chi connectivity index (χ0n) is 11.2. The smallest absolute Gasteiger partial charge is 0.311 e. The lowest BCUT2D eigenvalue weighted by Crippen LogP contribution is -2.53. The monoisotopic (exact) mass is 278 g/mol. The Bertz CT molecular complexity index is 520. The second kappa shape index (κ2) is 5.24. The van der Waals surface area contributed by atoms with Crippen molar-refractivity contribution in [2.45, 2.75) is 37.8 Å². The molecular formula is C13H18N4O3. The first-order chi connectivity index (χ1) is 9.66. The van der Waals surface area contributed by atoms with Gasteiger partial charge in [-0.15, -0.1) is 0 Å². The van der Waals surface area contributed by atoms with Crippen molar-refractivity contribution in [2.24, 2.45) is 0 Å². The Hall–Kier alpha value is -1.89. The first-order valence-corrected chi connectivity index (χ1v) is 6.96. The lowest BCUT2D eigenvalue weighted by atomic mass is 9.90. The highest BCUT2D eigenvalue weighted by Gasteiger charge is 2.37. The standard InChI is InChI=1S/C13H18N4O3/c14-12-6-5-10(17(18)19)13(15-12)16-7-8-20-11-4-2-1-3-9(11)16/h5-6,9,11H,1-4,7-8H2,(H2,14,15). The molecule has 2 N–H and O–H groups in total. The van der Waals surface area contributed by atoms with Crippen molar-refractivity contribution in [1.29, 1.82) is 0 Å². The summed E-state index contributed by atoms with van der Waals surface area (Å²) in [5, 5.41) is 11.2. The van der Waals surface area contributed by atoms with Gasteiger partial charge in [-0.25, -0.2) is 4.98 Å². The molecule has 1 aliphatic heterocycles. The van der Waals surface area contributed by atoms with Gasteiger partial charge in [-0.3, -0.25) is 10.1 Å². The van der Waals surface area contributed by atoms with E-state index >= 15 is 0 Å². The molecule has 0 spiro atoms. The van der Waals surface area contributed by atoms with Gasteiger partial charge >= 0.3 is 5.69 Å². The molecular weight excluding hydrogens is 260 g/mol. The maximum absolute atomic E-state index is 11.2. The second-order valence-electron chi connectivity index (χ2n) is 5.29. The second-order valence-corrected chi connectivity index (χ2v) is 5.29. The van der Waals surface area contributed by atoms with E-state index in [1.807, 2.05) is 4.90 Å². The van der Waals surface area contributed by atoms with Crippen molar-refractivity contribution in [3.63, 3.8) is 0 Å². The molecule has 3 rings (SSSR count). The Morgan fingerprint density at radius 2 is 2.20 bits per heavy atom. The SMILES string of the molecule is Nc1ccc([N+](=O)[O-])c(N2CCOC3CCCCC32)n1. The van der Waals surface area contributed by atoms with E-state index in [4.69, 9.17) is 10.5 Å². The van der Waals surface area contributed by atoms with Crippen molar-refractivity contribution in [3.8, 4) is 0 Å². The number of pyridine rings is 1. The summed E-state index contributed by atoms with van der Waals surface area (Å²) in [7, 11) is 0. The maximum atomic E-state index is 11.2. The number of morpholine rings is 1. The van der Waals surface area contributed by atoms with Crippen LogP contribution < -0.4 is 10.6 Å². The van der Waals surface area contributed by atoms with Gasteiger partial charge in [0.25, 0.3) is 0 Å². The average Bonchev–Trinajstić information content (AvgIpc) is 2.46. The number of aromatic nitrogens is 1. The van der Waals surface area contributed by atoms with Gasteiger partial charge in [0, 0.05) is 12.6 Å². The largest absolute Gasteiger partial charge is 0.384 e. The van der Waals surface area contributed by atoms with Crippen LogP contribution in [0.1, 0.15) is 25.7 Å². The molecule has 2 fully saturated rings. The predicted molar refractivity (Wildman–Crippen MR) is 74.6 cm³/mol. The number of hydrogen-bond donors (Lipinski definition) is 1. The minimum atomic E-state index is -0.394. The molecule has 0 aromatic carbocycles. The maximum Gasteiger partial charge on any atom is 0.311 e. The van der Waals surface area contributed by atoms with E-state index in [0.717, 1.165) is 25.7 Å². The molecule has 108 valence electrons. The number of fused-ring (bicyclic) bond motifs is 1. The molecule has 2 atom stereocenters. The molecule has 7 nitrogen and oxygen atoms in total. The molecule has 2 unspecified atom stereocenters. The molecule has 1 aromatic heterocycles. The van der Waals surface area contributed by atoms with Gasteiger partial charge in [0.2, 0.25) is 5.82 Å². The van der Waals surface area contributed by atoms with E-state index in [2.05, 4.69) is 4.98 Å². The zero-order valence-corrected chi connectivity index (χ0v) is 11.2. The first kappa shape index (κ1) is 13.1. The summed E-state index contributed by atoms with van der Waals surface area (Å²) in [5.41, 5.74) is 5.73. The van der Waals surface area contributed by atoms with Crippen molar-refractivity contribution < 1.29 is 9.66 Å². The predicted octanol–water partition coefficient (Wildman–Crippen LogP) is 1.72. The van der Waals surface area contributed by atoms with Crippen LogP contribution in [0.2, 0.25) is 0 Å². The van der Waals surface area contributed by atoms with Gasteiger partial charge in [0.05, 0.1) is 23.7 Å². The van der Waals surface area contributed by atoms with Gasteiger partial charge in [-0.1, -0.05) is 12.8 Å². The first-order valence-electron chi connectivity index (χ1n) is 6.96. The van der Waals surface area contributed by atoms with Gasteiger partial charge in [-0.2, -0.15) is 0 Å². The molecule has 0 amide bonds. The molecule has 1 saturated heterocycles. The summed E-state index contributed by atoms with van der Waals surface area (Å²) >= 11 is 0. The third kappa shape index (κ3) is 2.29. The van der Waals surface area contributed by atoms with Crippen LogP contribution in [0.25, 0.3) is 0 Å². The quantitative estimate of drug-likeness (QED) is 0.653. The van der Waals surface area contributed by atoms with Crippen LogP contribution in [0.5, 0.6) is 0 Å².